The van der Waals surface area contributed by atoms with Crippen LogP contribution in [0.25, 0.3) is 33.4 Å². The van der Waals surface area contributed by atoms with Gasteiger partial charge in [-0.3, -0.25) is 0 Å². The number of phenolic OH excluding ortho intramolecular Hbond substituents is 1. The average molecular weight is 415 g/mol. The zero-order valence-electron chi connectivity index (χ0n) is 17.7. The highest BCUT2D eigenvalue weighted by Gasteiger charge is 2.29. The van der Waals surface area contributed by atoms with E-state index >= 15 is 0 Å². The summed E-state index contributed by atoms with van der Waals surface area (Å²) in [5.74, 6) is 1.76. The van der Waals surface area contributed by atoms with Gasteiger partial charge in [0.15, 0.2) is 11.5 Å². The molecule has 1 saturated heterocycles. The van der Waals surface area contributed by atoms with Crippen molar-refractivity contribution in [2.45, 2.75) is 45.2 Å². The number of aromatic hydroxyl groups is 1. The molecule has 2 fully saturated rings. The second-order valence-electron chi connectivity index (χ2n) is 8.75. The summed E-state index contributed by atoms with van der Waals surface area (Å²) in [6, 6.07) is 11.1. The number of hydrogen-bond acceptors (Lipinski definition) is 7. The van der Waals surface area contributed by atoms with Crippen molar-refractivity contribution in [3.8, 4) is 17.0 Å². The zero-order valence-corrected chi connectivity index (χ0v) is 17.7. The molecule has 0 bridgehead atoms. The molecule has 0 amide bonds. The second-order valence-corrected chi connectivity index (χ2v) is 8.75. The molecule has 158 valence electrons. The number of phenols is 1. The number of fused-ring (bicyclic) bond motifs is 2. The van der Waals surface area contributed by atoms with Crippen molar-refractivity contribution < 1.29 is 9.52 Å². The lowest BCUT2D eigenvalue weighted by molar-refractivity contribution is 0.473. The number of oxazole rings is 1. The Morgan fingerprint density at radius 3 is 2.65 bits per heavy atom. The van der Waals surface area contributed by atoms with Crippen molar-refractivity contribution in [2.75, 3.05) is 18.0 Å². The van der Waals surface area contributed by atoms with Crippen LogP contribution in [0.15, 0.2) is 34.7 Å². The van der Waals surface area contributed by atoms with Crippen molar-refractivity contribution >= 4 is 28.0 Å². The summed E-state index contributed by atoms with van der Waals surface area (Å²) in [5, 5.41) is 14.5. The molecule has 7 nitrogen and oxygen atoms in total. The van der Waals surface area contributed by atoms with Crippen LogP contribution in [-0.4, -0.2) is 45.2 Å². The van der Waals surface area contributed by atoms with Gasteiger partial charge in [-0.2, -0.15) is 0 Å². The fraction of sp³-hybridized carbons (Fsp3) is 0.375. The minimum absolute atomic E-state index is 0.184. The van der Waals surface area contributed by atoms with Gasteiger partial charge >= 0.3 is 0 Å². The summed E-state index contributed by atoms with van der Waals surface area (Å²) in [6.07, 6.45) is 3.79. The SMILES string of the molecule is Cc1nc2c(C)c(O)c(-c3ccc4nc(N5CCC(NC6CC6)C5)ccc4n3)cc2o1. The van der Waals surface area contributed by atoms with E-state index in [1.165, 1.54) is 12.8 Å². The molecule has 1 aliphatic heterocycles. The van der Waals surface area contributed by atoms with Gasteiger partial charge < -0.3 is 19.7 Å². The number of aryl methyl sites for hydroxylation is 2. The molecule has 2 aliphatic rings. The molecule has 3 aromatic heterocycles. The largest absolute Gasteiger partial charge is 0.507 e. The number of rotatable bonds is 4. The van der Waals surface area contributed by atoms with E-state index in [9.17, 15) is 5.11 Å². The van der Waals surface area contributed by atoms with Gasteiger partial charge in [-0.25, -0.2) is 15.0 Å². The summed E-state index contributed by atoms with van der Waals surface area (Å²) in [4.78, 5) is 16.3. The van der Waals surface area contributed by atoms with Crippen LogP contribution >= 0.6 is 0 Å². The van der Waals surface area contributed by atoms with Crippen LogP contribution in [0.3, 0.4) is 0 Å². The van der Waals surface area contributed by atoms with Crippen LogP contribution < -0.4 is 10.2 Å². The lowest BCUT2D eigenvalue weighted by Crippen LogP contribution is -2.34. The summed E-state index contributed by atoms with van der Waals surface area (Å²) in [5.41, 5.74) is 5.02. The topological polar surface area (TPSA) is 87.3 Å². The van der Waals surface area contributed by atoms with Crippen molar-refractivity contribution in [1.82, 2.24) is 20.3 Å². The van der Waals surface area contributed by atoms with Crippen LogP contribution in [0.2, 0.25) is 0 Å². The molecule has 1 unspecified atom stereocenters. The van der Waals surface area contributed by atoms with Crippen molar-refractivity contribution in [3.05, 3.63) is 41.8 Å². The lowest BCUT2D eigenvalue weighted by Gasteiger charge is -2.18. The Hall–Kier alpha value is -3.19. The summed E-state index contributed by atoms with van der Waals surface area (Å²) < 4.78 is 5.69. The number of benzene rings is 1. The highest BCUT2D eigenvalue weighted by molar-refractivity contribution is 5.89. The molecular weight excluding hydrogens is 390 g/mol. The Morgan fingerprint density at radius 2 is 1.81 bits per heavy atom. The minimum atomic E-state index is 0.184. The highest BCUT2D eigenvalue weighted by atomic mass is 16.3. The van der Waals surface area contributed by atoms with E-state index < -0.39 is 0 Å². The molecular formula is C24H25N5O2. The Balaban J connectivity index is 1.32. The van der Waals surface area contributed by atoms with Crippen molar-refractivity contribution in [2.24, 2.45) is 0 Å². The van der Waals surface area contributed by atoms with Gasteiger partial charge in [0, 0.05) is 43.2 Å². The third-order valence-corrected chi connectivity index (χ3v) is 6.37. The average Bonchev–Trinajstić information content (AvgIpc) is 3.32. The highest BCUT2D eigenvalue weighted by Crippen LogP contribution is 2.37. The predicted octanol–water partition coefficient (Wildman–Crippen LogP) is 4.09. The van der Waals surface area contributed by atoms with Gasteiger partial charge in [-0.05, 0) is 56.5 Å². The first-order valence-corrected chi connectivity index (χ1v) is 10.9. The van der Waals surface area contributed by atoms with Crippen LogP contribution in [0.4, 0.5) is 5.82 Å². The van der Waals surface area contributed by atoms with Crippen LogP contribution in [0.5, 0.6) is 5.75 Å². The summed E-state index contributed by atoms with van der Waals surface area (Å²) in [6.45, 7) is 5.68. The van der Waals surface area contributed by atoms with Gasteiger partial charge in [0.25, 0.3) is 0 Å². The summed E-state index contributed by atoms with van der Waals surface area (Å²) in [7, 11) is 0. The number of hydrogen-bond donors (Lipinski definition) is 2. The Bertz CT molecular complexity index is 1310. The van der Waals surface area contributed by atoms with Crippen molar-refractivity contribution in [1.29, 1.82) is 0 Å². The Labute approximate surface area is 180 Å². The molecule has 6 rings (SSSR count). The normalized spacial score (nSPS) is 19.0. The van der Waals surface area contributed by atoms with Gasteiger partial charge in [-0.1, -0.05) is 0 Å². The number of nitrogens with one attached hydrogen (secondary N) is 1. The lowest BCUT2D eigenvalue weighted by atomic mass is 10.0. The first kappa shape index (κ1) is 18.6. The van der Waals surface area contributed by atoms with E-state index in [0.717, 1.165) is 42.4 Å². The van der Waals surface area contributed by atoms with E-state index in [1.54, 1.807) is 6.92 Å². The fourth-order valence-corrected chi connectivity index (χ4v) is 4.53. The molecule has 4 heterocycles. The standard InChI is InChI=1S/C24H25N5O2/c1-13-23-21(31-14(2)25-23)11-17(24(13)30)18-5-6-20-19(27-18)7-8-22(28-20)29-10-9-16(12-29)26-15-3-4-15/h5-8,11,15-16,26,30H,3-4,9-10,12H2,1-2H3. The molecule has 2 N–H and O–H groups in total. The maximum absolute atomic E-state index is 10.8. The maximum Gasteiger partial charge on any atom is 0.192 e. The maximum atomic E-state index is 10.8. The minimum Gasteiger partial charge on any atom is -0.507 e. The van der Waals surface area contributed by atoms with E-state index in [4.69, 9.17) is 14.4 Å². The first-order valence-electron chi connectivity index (χ1n) is 10.9. The quantitative estimate of drug-likeness (QED) is 0.519. The number of pyridine rings is 2. The Morgan fingerprint density at radius 1 is 1.00 bits per heavy atom. The smallest absolute Gasteiger partial charge is 0.192 e. The molecule has 1 saturated carbocycles. The van der Waals surface area contributed by atoms with E-state index in [0.29, 0.717) is 39.9 Å². The number of nitrogens with zero attached hydrogens (tertiary/aromatic N) is 4. The molecule has 7 heteroatoms. The molecule has 31 heavy (non-hydrogen) atoms. The third-order valence-electron chi connectivity index (χ3n) is 6.37. The van der Waals surface area contributed by atoms with Crippen molar-refractivity contribution in [3.63, 3.8) is 0 Å². The van der Waals surface area contributed by atoms with Gasteiger partial charge in [0.05, 0.1) is 16.7 Å². The van der Waals surface area contributed by atoms with Crippen LogP contribution in [-0.2, 0) is 0 Å². The molecule has 1 aliphatic carbocycles. The molecule has 1 atom stereocenters. The van der Waals surface area contributed by atoms with Gasteiger partial charge in [0.2, 0.25) is 0 Å². The molecule has 4 aromatic rings. The number of aromatic nitrogens is 3. The predicted molar refractivity (Wildman–Crippen MR) is 120 cm³/mol. The molecule has 0 radical (unpaired) electrons. The summed E-state index contributed by atoms with van der Waals surface area (Å²) >= 11 is 0. The third kappa shape index (κ3) is 3.29. The molecule has 1 aromatic carbocycles. The van der Waals surface area contributed by atoms with Crippen LogP contribution in [0, 0.1) is 13.8 Å². The van der Waals surface area contributed by atoms with E-state index in [1.807, 2.05) is 37.3 Å². The Kier molecular flexibility index (Phi) is 4.14. The monoisotopic (exact) mass is 415 g/mol. The zero-order chi connectivity index (χ0) is 21.1. The van der Waals surface area contributed by atoms with Gasteiger partial charge in [0.1, 0.15) is 17.1 Å². The molecule has 0 spiro atoms. The van der Waals surface area contributed by atoms with Gasteiger partial charge in [-0.15, -0.1) is 0 Å². The number of anilines is 1. The van der Waals surface area contributed by atoms with E-state index in [2.05, 4.69) is 15.2 Å². The second kappa shape index (κ2) is 6.92. The fourth-order valence-electron chi connectivity index (χ4n) is 4.53. The van der Waals surface area contributed by atoms with E-state index in [-0.39, 0.29) is 5.75 Å². The van der Waals surface area contributed by atoms with Crippen LogP contribution in [0.1, 0.15) is 30.7 Å². The first-order chi connectivity index (χ1) is 15.0.